The van der Waals surface area contributed by atoms with Gasteiger partial charge in [-0.05, 0) is 0 Å². The molecule has 7 nitrogen and oxygen atoms in total. The summed E-state index contributed by atoms with van der Waals surface area (Å²) in [6, 6.07) is 0. The SMILES string of the molecule is Cn1cc(-c2cnc3nn[nH]c3n2)cn1. The van der Waals surface area contributed by atoms with E-state index >= 15 is 0 Å². The number of nitrogens with one attached hydrogen (secondary N) is 1. The molecular weight excluding hydrogens is 194 g/mol. The van der Waals surface area contributed by atoms with Crippen LogP contribution in [0.2, 0.25) is 0 Å². The largest absolute Gasteiger partial charge is 0.275 e. The molecule has 3 rings (SSSR count). The fraction of sp³-hybridized carbons (Fsp3) is 0.125. The molecule has 0 atom stereocenters. The first-order chi connectivity index (χ1) is 7.33. The van der Waals surface area contributed by atoms with Gasteiger partial charge in [0.2, 0.25) is 5.65 Å². The molecule has 0 fully saturated rings. The van der Waals surface area contributed by atoms with Gasteiger partial charge in [-0.1, -0.05) is 5.21 Å². The Hall–Kier alpha value is -2.31. The monoisotopic (exact) mass is 201 g/mol. The number of hydrogen-bond acceptors (Lipinski definition) is 5. The van der Waals surface area contributed by atoms with Gasteiger partial charge in [0, 0.05) is 18.8 Å². The minimum absolute atomic E-state index is 0.516. The molecule has 74 valence electrons. The Kier molecular flexibility index (Phi) is 1.52. The molecule has 0 saturated heterocycles. The maximum absolute atomic E-state index is 4.32. The van der Waals surface area contributed by atoms with E-state index in [1.165, 1.54) is 0 Å². The van der Waals surface area contributed by atoms with E-state index in [1.807, 2.05) is 13.2 Å². The summed E-state index contributed by atoms with van der Waals surface area (Å²) in [5.74, 6) is 0. The van der Waals surface area contributed by atoms with Crippen molar-refractivity contribution in [3.63, 3.8) is 0 Å². The number of rotatable bonds is 1. The number of nitrogens with zero attached hydrogens (tertiary/aromatic N) is 6. The predicted octanol–water partition coefficient (Wildman–Crippen LogP) is 0.148. The van der Waals surface area contributed by atoms with Crippen molar-refractivity contribution in [1.82, 2.24) is 35.2 Å². The maximum Gasteiger partial charge on any atom is 0.220 e. The Morgan fingerprint density at radius 2 is 2.27 bits per heavy atom. The number of aromatic amines is 1. The highest BCUT2D eigenvalue weighted by Gasteiger charge is 2.05. The summed E-state index contributed by atoms with van der Waals surface area (Å²) < 4.78 is 1.71. The fourth-order valence-corrected chi connectivity index (χ4v) is 1.34. The first-order valence-corrected chi connectivity index (χ1v) is 4.36. The number of fused-ring (bicyclic) bond motifs is 1. The molecule has 3 aromatic rings. The summed E-state index contributed by atoms with van der Waals surface area (Å²) in [6.45, 7) is 0. The molecule has 0 aliphatic rings. The summed E-state index contributed by atoms with van der Waals surface area (Å²) in [7, 11) is 1.85. The minimum Gasteiger partial charge on any atom is -0.275 e. The van der Waals surface area contributed by atoms with Crippen LogP contribution < -0.4 is 0 Å². The molecule has 3 aromatic heterocycles. The van der Waals surface area contributed by atoms with Crippen LogP contribution in [0.5, 0.6) is 0 Å². The molecule has 0 unspecified atom stereocenters. The van der Waals surface area contributed by atoms with E-state index in [4.69, 9.17) is 0 Å². The molecule has 0 saturated carbocycles. The number of H-pyrrole nitrogens is 1. The molecule has 0 aromatic carbocycles. The molecule has 7 heteroatoms. The Balaban J connectivity index is 2.18. The van der Waals surface area contributed by atoms with E-state index in [0.29, 0.717) is 11.3 Å². The normalized spacial score (nSPS) is 11.0. The lowest BCUT2D eigenvalue weighted by atomic mass is 10.3. The molecule has 0 radical (unpaired) electrons. The van der Waals surface area contributed by atoms with Gasteiger partial charge < -0.3 is 0 Å². The van der Waals surface area contributed by atoms with Crippen molar-refractivity contribution in [2.24, 2.45) is 7.05 Å². The van der Waals surface area contributed by atoms with Crippen LogP contribution in [0.3, 0.4) is 0 Å². The molecule has 0 spiro atoms. The Bertz CT molecular complexity index is 608. The zero-order valence-electron chi connectivity index (χ0n) is 7.92. The summed E-state index contributed by atoms with van der Waals surface area (Å²) in [5, 5.41) is 14.1. The first-order valence-electron chi connectivity index (χ1n) is 4.36. The lowest BCUT2D eigenvalue weighted by molar-refractivity contribution is 0.768. The van der Waals surface area contributed by atoms with Gasteiger partial charge >= 0.3 is 0 Å². The van der Waals surface area contributed by atoms with E-state index < -0.39 is 0 Å². The van der Waals surface area contributed by atoms with Crippen molar-refractivity contribution in [2.75, 3.05) is 0 Å². The van der Waals surface area contributed by atoms with Gasteiger partial charge in [0.1, 0.15) is 0 Å². The van der Waals surface area contributed by atoms with Crippen LogP contribution in [0, 0.1) is 0 Å². The zero-order valence-corrected chi connectivity index (χ0v) is 7.92. The molecule has 0 bridgehead atoms. The third-order valence-corrected chi connectivity index (χ3v) is 2.05. The quantitative estimate of drug-likeness (QED) is 0.605. The van der Waals surface area contributed by atoms with Gasteiger partial charge in [-0.3, -0.25) is 4.68 Å². The highest BCUT2D eigenvalue weighted by Crippen LogP contribution is 2.15. The molecule has 0 amide bonds. The first kappa shape index (κ1) is 8.04. The van der Waals surface area contributed by atoms with Gasteiger partial charge in [0.15, 0.2) is 5.65 Å². The number of hydrogen-bond donors (Lipinski definition) is 1. The van der Waals surface area contributed by atoms with Crippen LogP contribution in [-0.4, -0.2) is 35.2 Å². The topological polar surface area (TPSA) is 85.2 Å². The predicted molar refractivity (Wildman–Crippen MR) is 51.7 cm³/mol. The van der Waals surface area contributed by atoms with Gasteiger partial charge in [0.25, 0.3) is 0 Å². The smallest absolute Gasteiger partial charge is 0.220 e. The van der Waals surface area contributed by atoms with E-state index in [0.717, 1.165) is 11.3 Å². The lowest BCUT2D eigenvalue weighted by Crippen LogP contribution is -1.87. The van der Waals surface area contributed by atoms with E-state index in [1.54, 1.807) is 17.1 Å². The Labute approximate surface area is 84.2 Å². The van der Waals surface area contributed by atoms with Crippen molar-refractivity contribution in [3.8, 4) is 11.3 Å². The average molecular weight is 201 g/mol. The molecule has 1 N–H and O–H groups in total. The van der Waals surface area contributed by atoms with Gasteiger partial charge in [-0.15, -0.1) is 5.10 Å². The van der Waals surface area contributed by atoms with Gasteiger partial charge in [-0.25, -0.2) is 15.1 Å². The molecular formula is C8H7N7. The number of aromatic nitrogens is 7. The fourth-order valence-electron chi connectivity index (χ4n) is 1.34. The van der Waals surface area contributed by atoms with Gasteiger partial charge in [-0.2, -0.15) is 5.10 Å². The second-order valence-electron chi connectivity index (χ2n) is 3.14. The van der Waals surface area contributed by atoms with E-state index in [-0.39, 0.29) is 0 Å². The molecule has 0 aliphatic carbocycles. The summed E-state index contributed by atoms with van der Waals surface area (Å²) in [6.07, 6.45) is 5.27. The Morgan fingerprint density at radius 3 is 3.07 bits per heavy atom. The van der Waals surface area contributed by atoms with E-state index in [2.05, 4.69) is 30.5 Å². The summed E-state index contributed by atoms with van der Waals surface area (Å²) in [4.78, 5) is 8.44. The van der Waals surface area contributed by atoms with Crippen molar-refractivity contribution < 1.29 is 0 Å². The van der Waals surface area contributed by atoms with Gasteiger partial charge in [0.05, 0.1) is 18.1 Å². The highest BCUT2D eigenvalue weighted by molar-refractivity contribution is 5.68. The standard InChI is InChI=1S/C8H7N7/c1-15-4-5(2-10-15)6-3-9-7-8(11-6)13-14-12-7/h2-4H,1H3,(H,9,11,12,13,14). The maximum atomic E-state index is 4.32. The van der Waals surface area contributed by atoms with E-state index in [9.17, 15) is 0 Å². The van der Waals surface area contributed by atoms with Crippen LogP contribution in [0.4, 0.5) is 0 Å². The Morgan fingerprint density at radius 1 is 1.33 bits per heavy atom. The third kappa shape index (κ3) is 1.25. The van der Waals surface area contributed by atoms with Crippen LogP contribution in [0.15, 0.2) is 18.6 Å². The zero-order chi connectivity index (χ0) is 10.3. The second-order valence-corrected chi connectivity index (χ2v) is 3.14. The lowest BCUT2D eigenvalue weighted by Gasteiger charge is -1.93. The average Bonchev–Trinajstić information content (AvgIpc) is 2.84. The van der Waals surface area contributed by atoms with Crippen molar-refractivity contribution in [1.29, 1.82) is 0 Å². The second kappa shape index (κ2) is 2.84. The van der Waals surface area contributed by atoms with Crippen LogP contribution >= 0.6 is 0 Å². The molecule has 0 aliphatic heterocycles. The van der Waals surface area contributed by atoms with Crippen molar-refractivity contribution >= 4 is 11.3 Å². The van der Waals surface area contributed by atoms with Crippen molar-refractivity contribution in [3.05, 3.63) is 18.6 Å². The minimum atomic E-state index is 0.516. The van der Waals surface area contributed by atoms with Crippen LogP contribution in [0.1, 0.15) is 0 Å². The third-order valence-electron chi connectivity index (χ3n) is 2.05. The number of aryl methyl sites for hydroxylation is 1. The molecule has 15 heavy (non-hydrogen) atoms. The molecule has 3 heterocycles. The van der Waals surface area contributed by atoms with Crippen molar-refractivity contribution in [2.45, 2.75) is 0 Å². The van der Waals surface area contributed by atoms with Crippen LogP contribution in [0.25, 0.3) is 22.6 Å². The highest BCUT2D eigenvalue weighted by atomic mass is 15.4. The van der Waals surface area contributed by atoms with Crippen LogP contribution in [-0.2, 0) is 7.05 Å². The summed E-state index contributed by atoms with van der Waals surface area (Å²) >= 11 is 0. The summed E-state index contributed by atoms with van der Waals surface area (Å²) in [5.41, 5.74) is 2.77.